The second kappa shape index (κ2) is 7.20. The van der Waals surface area contributed by atoms with E-state index in [0.717, 1.165) is 12.6 Å². The molecule has 1 fully saturated rings. The van der Waals surface area contributed by atoms with Crippen molar-refractivity contribution in [2.45, 2.75) is 32.7 Å². The van der Waals surface area contributed by atoms with Crippen LogP contribution in [0.4, 0.5) is 0 Å². The number of nitrogens with one attached hydrogen (secondary N) is 1. The van der Waals surface area contributed by atoms with Crippen LogP contribution in [0.15, 0.2) is 0 Å². The quantitative estimate of drug-likeness (QED) is 0.664. The molecule has 15 heavy (non-hydrogen) atoms. The van der Waals surface area contributed by atoms with Crippen LogP contribution in [0.3, 0.4) is 0 Å². The van der Waals surface area contributed by atoms with Crippen LogP contribution in [0, 0.1) is 0 Å². The molecular weight excluding hydrogens is 186 g/mol. The summed E-state index contributed by atoms with van der Waals surface area (Å²) in [5, 5.41) is 3.51. The predicted octanol–water partition coefficient (Wildman–Crippen LogP) is 1.01. The van der Waals surface area contributed by atoms with Crippen molar-refractivity contribution >= 4 is 0 Å². The van der Waals surface area contributed by atoms with Crippen molar-refractivity contribution in [3.63, 3.8) is 0 Å². The molecule has 3 heteroatoms. The van der Waals surface area contributed by atoms with Gasteiger partial charge in [0.1, 0.15) is 0 Å². The van der Waals surface area contributed by atoms with E-state index < -0.39 is 0 Å². The Bertz CT molecular complexity index is 161. The highest BCUT2D eigenvalue weighted by Crippen LogP contribution is 2.06. The van der Waals surface area contributed by atoms with Crippen molar-refractivity contribution in [1.82, 2.24) is 15.1 Å². The summed E-state index contributed by atoms with van der Waals surface area (Å²) in [6.45, 7) is 11.8. The third-order valence-electron chi connectivity index (χ3n) is 3.25. The van der Waals surface area contributed by atoms with E-state index in [1.54, 1.807) is 0 Å². The van der Waals surface area contributed by atoms with Gasteiger partial charge in [-0.2, -0.15) is 0 Å². The molecule has 0 aliphatic carbocycles. The van der Waals surface area contributed by atoms with Crippen LogP contribution in [-0.4, -0.2) is 62.2 Å². The summed E-state index contributed by atoms with van der Waals surface area (Å²) < 4.78 is 0. The molecule has 3 nitrogen and oxygen atoms in total. The van der Waals surface area contributed by atoms with Gasteiger partial charge in [0.15, 0.2) is 0 Å². The lowest BCUT2D eigenvalue weighted by molar-refractivity contribution is 0.101. The zero-order valence-corrected chi connectivity index (χ0v) is 10.6. The molecule has 1 aliphatic rings. The molecule has 1 atom stereocenters. The Morgan fingerprint density at radius 3 is 2.73 bits per heavy atom. The van der Waals surface area contributed by atoms with Crippen molar-refractivity contribution in [3.05, 3.63) is 0 Å². The number of nitrogens with zero attached hydrogens (tertiary/aromatic N) is 2. The number of hydrogen-bond acceptors (Lipinski definition) is 3. The van der Waals surface area contributed by atoms with Crippen molar-refractivity contribution in [1.29, 1.82) is 0 Å². The number of likely N-dealkylation sites (N-methyl/N-ethyl adjacent to an activating group) is 1. The molecule has 1 aliphatic heterocycles. The van der Waals surface area contributed by atoms with E-state index in [1.165, 1.54) is 45.6 Å². The lowest BCUT2D eigenvalue weighted by atomic mass is 10.2. The molecule has 0 radical (unpaired) electrons. The van der Waals surface area contributed by atoms with E-state index in [1.807, 2.05) is 0 Å². The first-order valence-electron chi connectivity index (χ1n) is 6.37. The smallest absolute Gasteiger partial charge is 0.0195 e. The maximum absolute atomic E-state index is 3.51. The summed E-state index contributed by atoms with van der Waals surface area (Å²) in [5.41, 5.74) is 0. The normalized spacial score (nSPS) is 24.6. The fourth-order valence-electron chi connectivity index (χ4n) is 2.16. The molecule has 1 rings (SSSR count). The van der Waals surface area contributed by atoms with E-state index in [2.05, 4.69) is 36.0 Å². The van der Waals surface area contributed by atoms with Crippen LogP contribution in [0.1, 0.15) is 26.7 Å². The molecule has 90 valence electrons. The molecule has 0 saturated carbocycles. The van der Waals surface area contributed by atoms with Crippen LogP contribution in [-0.2, 0) is 0 Å². The Labute approximate surface area is 94.8 Å². The van der Waals surface area contributed by atoms with Gasteiger partial charge in [-0.15, -0.1) is 0 Å². The van der Waals surface area contributed by atoms with Crippen molar-refractivity contribution < 1.29 is 0 Å². The van der Waals surface area contributed by atoms with Crippen LogP contribution >= 0.6 is 0 Å². The lowest BCUT2D eigenvalue weighted by Crippen LogP contribution is -2.51. The number of hydrogen-bond donors (Lipinski definition) is 1. The monoisotopic (exact) mass is 213 g/mol. The van der Waals surface area contributed by atoms with Gasteiger partial charge in [-0.1, -0.05) is 13.3 Å². The van der Waals surface area contributed by atoms with E-state index in [9.17, 15) is 0 Å². The van der Waals surface area contributed by atoms with Gasteiger partial charge in [0.2, 0.25) is 0 Å². The van der Waals surface area contributed by atoms with E-state index in [-0.39, 0.29) is 0 Å². The molecule has 0 aromatic rings. The summed E-state index contributed by atoms with van der Waals surface area (Å²) in [6.07, 6.45) is 2.59. The van der Waals surface area contributed by atoms with Gasteiger partial charge in [0.05, 0.1) is 0 Å². The lowest BCUT2D eigenvalue weighted by Gasteiger charge is -2.38. The first-order chi connectivity index (χ1) is 7.24. The predicted molar refractivity (Wildman–Crippen MR) is 66.3 cm³/mol. The zero-order chi connectivity index (χ0) is 11.1. The second-order valence-electron chi connectivity index (χ2n) is 4.75. The summed E-state index contributed by atoms with van der Waals surface area (Å²) in [6, 6.07) is 0.719. The van der Waals surface area contributed by atoms with E-state index in [0.29, 0.717) is 0 Å². The Morgan fingerprint density at radius 1 is 1.27 bits per heavy atom. The standard InChI is InChI=1S/C12H27N3/c1-4-5-6-13-7-8-15-10-9-14(3)11-12(15)2/h12-13H,4-11H2,1-3H3. The minimum absolute atomic E-state index is 0.719. The van der Waals surface area contributed by atoms with Crippen molar-refractivity contribution in [2.75, 3.05) is 46.3 Å². The highest BCUT2D eigenvalue weighted by atomic mass is 15.3. The van der Waals surface area contributed by atoms with Crippen molar-refractivity contribution in [2.24, 2.45) is 0 Å². The number of unbranched alkanes of at least 4 members (excludes halogenated alkanes) is 1. The molecule has 1 saturated heterocycles. The minimum atomic E-state index is 0.719. The highest BCUT2D eigenvalue weighted by molar-refractivity contribution is 4.77. The first-order valence-corrected chi connectivity index (χ1v) is 6.37. The molecule has 0 spiro atoms. The fraction of sp³-hybridized carbons (Fsp3) is 1.00. The van der Waals surface area contributed by atoms with Crippen LogP contribution in [0.2, 0.25) is 0 Å². The van der Waals surface area contributed by atoms with Crippen LogP contribution in [0.25, 0.3) is 0 Å². The summed E-state index contributed by atoms with van der Waals surface area (Å²) >= 11 is 0. The van der Waals surface area contributed by atoms with Gasteiger partial charge >= 0.3 is 0 Å². The third-order valence-corrected chi connectivity index (χ3v) is 3.25. The molecule has 1 unspecified atom stereocenters. The van der Waals surface area contributed by atoms with E-state index >= 15 is 0 Å². The Balaban J connectivity index is 2.05. The van der Waals surface area contributed by atoms with Crippen molar-refractivity contribution in [3.8, 4) is 0 Å². The molecule has 1 N–H and O–H groups in total. The largest absolute Gasteiger partial charge is 0.315 e. The Morgan fingerprint density at radius 2 is 2.07 bits per heavy atom. The third kappa shape index (κ3) is 4.96. The summed E-state index contributed by atoms with van der Waals surface area (Å²) in [7, 11) is 2.22. The average Bonchev–Trinajstić information content (AvgIpc) is 2.20. The number of piperazine rings is 1. The first kappa shape index (κ1) is 12.9. The Hall–Kier alpha value is -0.120. The van der Waals surface area contributed by atoms with Gasteiger partial charge in [-0.05, 0) is 26.9 Å². The highest BCUT2D eigenvalue weighted by Gasteiger charge is 2.20. The van der Waals surface area contributed by atoms with Gasteiger partial charge in [0, 0.05) is 38.8 Å². The van der Waals surface area contributed by atoms with Gasteiger partial charge in [-0.25, -0.2) is 0 Å². The van der Waals surface area contributed by atoms with Gasteiger partial charge in [-0.3, -0.25) is 4.90 Å². The molecule has 0 amide bonds. The average molecular weight is 213 g/mol. The maximum Gasteiger partial charge on any atom is 0.0195 e. The van der Waals surface area contributed by atoms with Gasteiger partial charge in [0.25, 0.3) is 0 Å². The SMILES string of the molecule is CCCCNCCN1CCN(C)CC1C. The van der Waals surface area contributed by atoms with Crippen LogP contribution in [0.5, 0.6) is 0 Å². The molecule has 1 heterocycles. The second-order valence-corrected chi connectivity index (χ2v) is 4.75. The molecule has 0 aromatic heterocycles. The minimum Gasteiger partial charge on any atom is -0.315 e. The number of rotatable bonds is 6. The summed E-state index contributed by atoms with van der Waals surface area (Å²) in [5.74, 6) is 0. The maximum atomic E-state index is 3.51. The fourth-order valence-corrected chi connectivity index (χ4v) is 2.16. The topological polar surface area (TPSA) is 18.5 Å². The molecule has 0 bridgehead atoms. The Kier molecular flexibility index (Phi) is 6.22. The van der Waals surface area contributed by atoms with E-state index in [4.69, 9.17) is 0 Å². The van der Waals surface area contributed by atoms with Crippen LogP contribution < -0.4 is 5.32 Å². The van der Waals surface area contributed by atoms with Gasteiger partial charge < -0.3 is 10.2 Å². The molecular formula is C12H27N3. The molecule has 0 aromatic carbocycles. The zero-order valence-electron chi connectivity index (χ0n) is 10.6. The summed E-state index contributed by atoms with van der Waals surface area (Å²) in [4.78, 5) is 5.02.